The van der Waals surface area contributed by atoms with E-state index in [1.54, 1.807) is 13.8 Å². The molecule has 3 unspecified atom stereocenters. The molecule has 1 aromatic carbocycles. The van der Waals surface area contributed by atoms with Crippen LogP contribution < -0.4 is 27.0 Å². The zero-order valence-corrected chi connectivity index (χ0v) is 42.4. The van der Waals surface area contributed by atoms with Crippen molar-refractivity contribution >= 4 is 70.0 Å². The summed E-state index contributed by atoms with van der Waals surface area (Å²) >= 11 is 1.26. The maximum atomic E-state index is 12.8. The Morgan fingerprint density at radius 2 is 1.62 bits per heavy atom. The maximum Gasteiger partial charge on any atom is 0.305 e. The number of nitrogens with two attached hydrogens (primary N) is 1. The lowest BCUT2D eigenvalue weighted by Crippen LogP contribution is -2.52. The predicted octanol–water partition coefficient (Wildman–Crippen LogP) is -0.0311. The van der Waals surface area contributed by atoms with Gasteiger partial charge in [-0.05, 0) is 45.2 Å². The molecule has 1 aliphatic rings. The molecular formula is C47H75N7O16S. The predicted molar refractivity (Wildman–Crippen MR) is 261 cm³/mol. The minimum Gasteiger partial charge on any atom is -0.460 e. The van der Waals surface area contributed by atoms with Crippen molar-refractivity contribution in [2.75, 3.05) is 85.4 Å². The molecule has 0 radical (unpaired) electrons. The van der Waals surface area contributed by atoms with Crippen molar-refractivity contribution in [1.29, 1.82) is 0 Å². The molecule has 2 aromatic rings. The summed E-state index contributed by atoms with van der Waals surface area (Å²) in [5.74, 6) is -2.61. The largest absolute Gasteiger partial charge is 0.460 e. The highest BCUT2D eigenvalue weighted by Gasteiger charge is 2.38. The number of likely N-dealkylation sites (tertiary alicyclic amines) is 1. The lowest BCUT2D eigenvalue weighted by molar-refractivity contribution is -0.194. The Kier molecular flexibility index (Phi) is 31.2. The normalized spacial score (nSPS) is 15.5. The summed E-state index contributed by atoms with van der Waals surface area (Å²) in [4.78, 5) is 101. The van der Waals surface area contributed by atoms with Crippen molar-refractivity contribution in [3.63, 3.8) is 0 Å². The van der Waals surface area contributed by atoms with E-state index in [0.717, 1.165) is 21.4 Å². The molecular weight excluding hydrogens is 951 g/mol. The van der Waals surface area contributed by atoms with Gasteiger partial charge in [-0.2, -0.15) is 0 Å². The number of nitrogens with one attached hydrogen (secondary N) is 5. The van der Waals surface area contributed by atoms with Crippen molar-refractivity contribution in [2.24, 2.45) is 5.73 Å². The first-order chi connectivity index (χ1) is 34.0. The highest BCUT2D eigenvalue weighted by molar-refractivity contribution is 8.00. The number of nitrogens with zero attached hydrogens (tertiary/aromatic N) is 1. The standard InChI is InChI=1S/C26H44N4O11S.C21H31N3O5/c1-3-18(16-31)41-25(38-2)17-40-24(36)6-4-5-21(33)29-10-14-42-19-15-23(35)30(26(19)37)11-7-22(34)28-9-13-39-12-8-20(27)32;1-4-28-9-10-29-13-20(26)24-19(21(27)23-14(2)15(3)25)11-16-12-22-18-8-6-5-7-17(16)18/h18-19,25,31H,3-17H2,1-2H3,(H2,27,32)(H,28,34)(H,29,33);5-8,12,14-15,19,22,25H,4,9-11,13H2,1-3H3,(H,23,27)(H,24,26)/t;14-,15-,19+/m.1/s1. The summed E-state index contributed by atoms with van der Waals surface area (Å²) in [5.41, 5.74) is 6.88. The van der Waals surface area contributed by atoms with E-state index in [9.17, 15) is 48.6 Å². The van der Waals surface area contributed by atoms with Crippen LogP contribution in [0.25, 0.3) is 10.9 Å². The quantitative estimate of drug-likeness (QED) is 0.0192. The van der Waals surface area contributed by atoms with E-state index < -0.39 is 47.7 Å². The van der Waals surface area contributed by atoms with Crippen molar-refractivity contribution in [3.8, 4) is 0 Å². The van der Waals surface area contributed by atoms with Crippen molar-refractivity contribution in [3.05, 3.63) is 36.0 Å². The number of aromatic amines is 1. The number of ether oxygens (including phenoxy) is 6. The lowest BCUT2D eigenvalue weighted by Gasteiger charge is -2.22. The second-order valence-electron chi connectivity index (χ2n) is 16.2. The molecule has 0 aliphatic carbocycles. The third kappa shape index (κ3) is 25.7. The zero-order valence-electron chi connectivity index (χ0n) is 41.5. The smallest absolute Gasteiger partial charge is 0.305 e. The molecule has 0 saturated carbocycles. The third-order valence-electron chi connectivity index (χ3n) is 10.7. The van der Waals surface area contributed by atoms with Crippen LogP contribution in [-0.4, -0.2) is 189 Å². The number of methoxy groups -OCH3 is 1. The molecule has 400 valence electrons. The number of carbonyl (C=O) groups excluding carboxylic acids is 8. The van der Waals surface area contributed by atoms with E-state index in [1.165, 1.54) is 18.9 Å². The number of amides is 7. The summed E-state index contributed by atoms with van der Waals surface area (Å²) in [6.45, 7) is 8.75. The number of primary amides is 1. The number of thioether (sulfide) groups is 1. The fraction of sp³-hybridized carbons (Fsp3) is 0.660. The average Bonchev–Trinajstić information content (AvgIpc) is 3.87. The molecule has 7 amide bonds. The molecule has 6 atom stereocenters. The van der Waals surface area contributed by atoms with Gasteiger partial charge in [0.05, 0.1) is 56.5 Å². The van der Waals surface area contributed by atoms with E-state index in [0.29, 0.717) is 38.4 Å². The Morgan fingerprint density at radius 1 is 0.901 bits per heavy atom. The SMILES string of the molecule is CCC(CO)OC(COC(=O)CCCC(=O)NCCSC1CC(=O)N(CCC(=O)NCCOCCC(N)=O)C1=O)OC.CCOCCOCC(=O)N[C@@H](Cc1c[nH]c2ccccc12)C(=O)N[C@H](C)[C@@H](C)O. The molecule has 24 heteroatoms. The molecule has 1 saturated heterocycles. The number of esters is 1. The van der Waals surface area contributed by atoms with Gasteiger partial charge in [-0.3, -0.25) is 43.3 Å². The number of hydrogen-bond acceptors (Lipinski definition) is 17. The first-order valence-electron chi connectivity index (χ1n) is 23.8. The Morgan fingerprint density at radius 3 is 2.31 bits per heavy atom. The summed E-state index contributed by atoms with van der Waals surface area (Å²) in [7, 11) is 1.40. The van der Waals surface area contributed by atoms with Crippen LogP contribution in [-0.2, 0) is 73.2 Å². The number of H-pyrrole nitrogens is 1. The molecule has 1 aliphatic heterocycles. The fourth-order valence-electron chi connectivity index (χ4n) is 6.45. The minimum absolute atomic E-state index is 0.0245. The van der Waals surface area contributed by atoms with Gasteiger partial charge in [0.25, 0.3) is 0 Å². The topological polar surface area (TPSA) is 326 Å². The van der Waals surface area contributed by atoms with Crippen molar-refractivity contribution in [2.45, 2.75) is 115 Å². The van der Waals surface area contributed by atoms with Crippen LogP contribution in [0.3, 0.4) is 0 Å². The Hall–Kier alpha value is -5.21. The number of aromatic nitrogens is 1. The number of carbonyl (C=O) groups is 8. The molecule has 0 bridgehead atoms. The molecule has 9 N–H and O–H groups in total. The van der Waals surface area contributed by atoms with Crippen LogP contribution >= 0.6 is 11.8 Å². The van der Waals surface area contributed by atoms with Crippen LogP contribution in [0.15, 0.2) is 30.5 Å². The van der Waals surface area contributed by atoms with Gasteiger partial charge in [0, 0.05) is 94.7 Å². The number of benzene rings is 1. The van der Waals surface area contributed by atoms with E-state index in [2.05, 4.69) is 26.3 Å². The first kappa shape index (κ1) is 61.9. The highest BCUT2D eigenvalue weighted by Crippen LogP contribution is 2.25. The number of fused-ring (bicyclic) bond motifs is 1. The molecule has 3 rings (SSSR count). The number of aliphatic hydroxyl groups is 2. The monoisotopic (exact) mass is 1030 g/mol. The molecule has 71 heavy (non-hydrogen) atoms. The number of imide groups is 1. The van der Waals surface area contributed by atoms with Crippen LogP contribution in [0, 0.1) is 0 Å². The number of rotatable bonds is 36. The fourth-order valence-corrected chi connectivity index (χ4v) is 7.48. The van der Waals surface area contributed by atoms with Crippen molar-refractivity contribution in [1.82, 2.24) is 31.2 Å². The second kappa shape index (κ2) is 35.8. The minimum atomic E-state index is -0.793. The number of para-hydroxylation sites is 1. The summed E-state index contributed by atoms with van der Waals surface area (Å²) in [5, 5.41) is 30.1. The van der Waals surface area contributed by atoms with Crippen LogP contribution in [0.5, 0.6) is 0 Å². The third-order valence-corrected chi connectivity index (χ3v) is 11.9. The van der Waals surface area contributed by atoms with E-state index in [4.69, 9.17) is 34.2 Å². The average molecular weight is 1030 g/mol. The Bertz CT molecular complexity index is 1950. The van der Waals surface area contributed by atoms with Gasteiger partial charge >= 0.3 is 5.97 Å². The molecule has 2 heterocycles. The molecule has 23 nitrogen and oxygen atoms in total. The van der Waals surface area contributed by atoms with Crippen LogP contribution in [0.1, 0.15) is 78.2 Å². The van der Waals surface area contributed by atoms with Crippen LogP contribution in [0.4, 0.5) is 0 Å². The van der Waals surface area contributed by atoms with Gasteiger partial charge in [-0.15, -0.1) is 11.8 Å². The van der Waals surface area contributed by atoms with Gasteiger partial charge < -0.3 is 70.6 Å². The van der Waals surface area contributed by atoms with E-state index in [-0.39, 0.29) is 127 Å². The number of aliphatic hydroxyl groups excluding tert-OH is 2. The lowest BCUT2D eigenvalue weighted by atomic mass is 10.0. The van der Waals surface area contributed by atoms with Gasteiger partial charge in [-0.1, -0.05) is 25.1 Å². The number of hydrogen-bond donors (Lipinski definition) is 8. The summed E-state index contributed by atoms with van der Waals surface area (Å²) < 4.78 is 31.3. The van der Waals surface area contributed by atoms with E-state index in [1.807, 2.05) is 44.3 Å². The Labute approximate surface area is 419 Å². The van der Waals surface area contributed by atoms with Gasteiger partial charge in [0.1, 0.15) is 19.3 Å². The maximum absolute atomic E-state index is 12.8. The second-order valence-corrected chi connectivity index (χ2v) is 17.6. The van der Waals surface area contributed by atoms with Crippen LogP contribution in [0.2, 0.25) is 0 Å². The van der Waals surface area contributed by atoms with Crippen molar-refractivity contribution < 1.29 is 77.0 Å². The zero-order chi connectivity index (χ0) is 52.6. The first-order valence-corrected chi connectivity index (χ1v) is 24.9. The highest BCUT2D eigenvalue weighted by atomic mass is 32.2. The van der Waals surface area contributed by atoms with E-state index >= 15 is 0 Å². The summed E-state index contributed by atoms with van der Waals surface area (Å²) in [6, 6.07) is 6.54. The molecule has 1 fully saturated rings. The Balaban J connectivity index is 0.000000519. The molecule has 0 spiro atoms. The molecule has 1 aromatic heterocycles. The van der Waals surface area contributed by atoms with Gasteiger partial charge in [0.2, 0.25) is 41.4 Å². The van der Waals surface area contributed by atoms with Gasteiger partial charge in [-0.25, -0.2) is 0 Å². The van der Waals surface area contributed by atoms with Gasteiger partial charge in [0.15, 0.2) is 6.29 Å². The summed E-state index contributed by atoms with van der Waals surface area (Å²) in [6.07, 6.45) is 1.33.